The first-order valence-electron chi connectivity index (χ1n) is 7.21. The second kappa shape index (κ2) is 8.72. The maximum atomic E-state index is 12.7. The number of aliphatic hydroxyl groups is 2. The van der Waals surface area contributed by atoms with Crippen LogP contribution in [0.15, 0.2) is 30.3 Å². The molecule has 1 amide bonds. The van der Waals surface area contributed by atoms with Gasteiger partial charge in [0.05, 0.1) is 19.1 Å². The van der Waals surface area contributed by atoms with E-state index in [-0.39, 0.29) is 44.0 Å². The number of amides is 1. The van der Waals surface area contributed by atoms with Gasteiger partial charge in [0.25, 0.3) is 0 Å². The first-order valence-corrected chi connectivity index (χ1v) is 7.21. The van der Waals surface area contributed by atoms with Gasteiger partial charge in [-0.3, -0.25) is 4.79 Å². The van der Waals surface area contributed by atoms with Gasteiger partial charge in [-0.1, -0.05) is 50.6 Å². The van der Waals surface area contributed by atoms with Crippen LogP contribution in [0.1, 0.15) is 31.7 Å². The summed E-state index contributed by atoms with van der Waals surface area (Å²) >= 11 is 0. The molecule has 0 saturated carbocycles. The monoisotopic (exact) mass is 279 g/mol. The zero-order valence-corrected chi connectivity index (χ0v) is 12.3. The number of benzene rings is 1. The molecule has 0 fully saturated rings. The van der Waals surface area contributed by atoms with Crippen LogP contribution in [0.5, 0.6) is 0 Å². The maximum absolute atomic E-state index is 12.7. The molecule has 0 aromatic heterocycles. The summed E-state index contributed by atoms with van der Waals surface area (Å²) in [7, 11) is 0. The Labute approximate surface area is 121 Å². The van der Waals surface area contributed by atoms with Gasteiger partial charge in [0.1, 0.15) is 0 Å². The normalized spacial score (nSPS) is 13.8. The SMILES string of the molecule is CCC(C)C(C(=O)N(CCO)CCO)c1ccccc1. The molecule has 0 aliphatic carbocycles. The Kier molecular flexibility index (Phi) is 7.26. The van der Waals surface area contributed by atoms with Crippen molar-refractivity contribution in [1.82, 2.24) is 4.90 Å². The Morgan fingerprint density at radius 2 is 1.70 bits per heavy atom. The minimum atomic E-state index is -0.223. The van der Waals surface area contributed by atoms with Gasteiger partial charge in [0.15, 0.2) is 0 Å². The van der Waals surface area contributed by atoms with Crippen LogP contribution >= 0.6 is 0 Å². The number of nitrogens with zero attached hydrogens (tertiary/aromatic N) is 1. The highest BCUT2D eigenvalue weighted by atomic mass is 16.3. The van der Waals surface area contributed by atoms with E-state index >= 15 is 0 Å². The van der Waals surface area contributed by atoms with Gasteiger partial charge in [-0.05, 0) is 11.5 Å². The van der Waals surface area contributed by atoms with E-state index < -0.39 is 0 Å². The molecular weight excluding hydrogens is 254 g/mol. The second-order valence-electron chi connectivity index (χ2n) is 5.05. The van der Waals surface area contributed by atoms with Crippen molar-refractivity contribution in [2.75, 3.05) is 26.3 Å². The number of hydrogen-bond acceptors (Lipinski definition) is 3. The summed E-state index contributed by atoms with van der Waals surface area (Å²) < 4.78 is 0. The molecule has 0 spiro atoms. The Morgan fingerprint density at radius 1 is 1.15 bits per heavy atom. The van der Waals surface area contributed by atoms with E-state index in [0.717, 1.165) is 12.0 Å². The molecule has 2 atom stereocenters. The predicted octanol–water partition coefficient (Wildman–Crippen LogP) is 1.63. The molecule has 1 aromatic carbocycles. The summed E-state index contributed by atoms with van der Waals surface area (Å²) in [5.41, 5.74) is 0.993. The van der Waals surface area contributed by atoms with Gasteiger partial charge < -0.3 is 15.1 Å². The van der Waals surface area contributed by atoms with Gasteiger partial charge in [0, 0.05) is 13.1 Å². The molecule has 4 heteroatoms. The van der Waals surface area contributed by atoms with E-state index in [1.807, 2.05) is 30.3 Å². The van der Waals surface area contributed by atoms with E-state index in [2.05, 4.69) is 13.8 Å². The Hall–Kier alpha value is -1.39. The highest BCUT2D eigenvalue weighted by Crippen LogP contribution is 2.28. The molecule has 1 aromatic rings. The highest BCUT2D eigenvalue weighted by Gasteiger charge is 2.29. The van der Waals surface area contributed by atoms with Crippen LogP contribution in [-0.4, -0.2) is 47.3 Å². The van der Waals surface area contributed by atoms with Crippen LogP contribution in [0.25, 0.3) is 0 Å². The number of hydrogen-bond donors (Lipinski definition) is 2. The van der Waals surface area contributed by atoms with Gasteiger partial charge in [-0.2, -0.15) is 0 Å². The molecule has 4 nitrogen and oxygen atoms in total. The third kappa shape index (κ3) is 4.32. The average molecular weight is 279 g/mol. The van der Waals surface area contributed by atoms with E-state index in [1.54, 1.807) is 4.90 Å². The molecule has 0 radical (unpaired) electrons. The topological polar surface area (TPSA) is 60.8 Å². The third-order valence-corrected chi connectivity index (χ3v) is 3.69. The molecule has 1 rings (SSSR count). The molecule has 20 heavy (non-hydrogen) atoms. The summed E-state index contributed by atoms with van der Waals surface area (Å²) in [6, 6.07) is 9.72. The number of carbonyl (C=O) groups is 1. The van der Waals surface area contributed by atoms with E-state index in [4.69, 9.17) is 10.2 Å². The van der Waals surface area contributed by atoms with Crippen molar-refractivity contribution in [1.29, 1.82) is 0 Å². The highest BCUT2D eigenvalue weighted by molar-refractivity contribution is 5.84. The fourth-order valence-corrected chi connectivity index (χ4v) is 2.38. The fourth-order valence-electron chi connectivity index (χ4n) is 2.38. The number of carbonyl (C=O) groups excluding carboxylic acids is 1. The lowest BCUT2D eigenvalue weighted by Crippen LogP contribution is -2.40. The molecule has 0 saturated heterocycles. The summed E-state index contributed by atoms with van der Waals surface area (Å²) in [5, 5.41) is 18.2. The van der Waals surface area contributed by atoms with Crippen molar-refractivity contribution in [3.63, 3.8) is 0 Å². The summed E-state index contributed by atoms with van der Waals surface area (Å²) in [6.45, 7) is 4.47. The minimum Gasteiger partial charge on any atom is -0.395 e. The van der Waals surface area contributed by atoms with E-state index in [1.165, 1.54) is 0 Å². The largest absolute Gasteiger partial charge is 0.395 e. The molecule has 2 unspecified atom stereocenters. The Balaban J connectivity index is 3.00. The van der Waals surface area contributed by atoms with E-state index in [0.29, 0.717) is 0 Å². The first kappa shape index (κ1) is 16.7. The molecule has 2 N–H and O–H groups in total. The molecule has 112 valence electrons. The summed E-state index contributed by atoms with van der Waals surface area (Å²) in [6.07, 6.45) is 0.900. The summed E-state index contributed by atoms with van der Waals surface area (Å²) in [4.78, 5) is 14.3. The van der Waals surface area contributed by atoms with Crippen LogP contribution < -0.4 is 0 Å². The van der Waals surface area contributed by atoms with Crippen LogP contribution in [0.4, 0.5) is 0 Å². The van der Waals surface area contributed by atoms with Crippen LogP contribution in [-0.2, 0) is 4.79 Å². The van der Waals surface area contributed by atoms with Crippen molar-refractivity contribution < 1.29 is 15.0 Å². The van der Waals surface area contributed by atoms with Crippen molar-refractivity contribution >= 4 is 5.91 Å². The fraction of sp³-hybridized carbons (Fsp3) is 0.562. The first-order chi connectivity index (χ1) is 9.65. The second-order valence-corrected chi connectivity index (χ2v) is 5.05. The predicted molar refractivity (Wildman–Crippen MR) is 79.4 cm³/mol. The van der Waals surface area contributed by atoms with Gasteiger partial charge >= 0.3 is 0 Å². The van der Waals surface area contributed by atoms with Crippen LogP contribution in [0, 0.1) is 5.92 Å². The number of rotatable bonds is 8. The minimum absolute atomic E-state index is 0.0198. The van der Waals surface area contributed by atoms with Gasteiger partial charge in [-0.15, -0.1) is 0 Å². The van der Waals surface area contributed by atoms with E-state index in [9.17, 15) is 4.79 Å². The third-order valence-electron chi connectivity index (χ3n) is 3.69. The van der Waals surface area contributed by atoms with Crippen molar-refractivity contribution in [3.8, 4) is 0 Å². The molecule has 0 aliphatic heterocycles. The zero-order valence-electron chi connectivity index (χ0n) is 12.3. The average Bonchev–Trinajstić information content (AvgIpc) is 2.48. The van der Waals surface area contributed by atoms with Gasteiger partial charge in [0.2, 0.25) is 5.91 Å². The summed E-state index contributed by atoms with van der Waals surface area (Å²) in [5.74, 6) is -0.0299. The maximum Gasteiger partial charge on any atom is 0.230 e. The lowest BCUT2D eigenvalue weighted by atomic mass is 9.84. The van der Waals surface area contributed by atoms with Gasteiger partial charge in [-0.25, -0.2) is 0 Å². The smallest absolute Gasteiger partial charge is 0.230 e. The molecule has 0 aliphatic rings. The molecular formula is C16H25NO3. The zero-order chi connectivity index (χ0) is 15.0. The standard InChI is InChI=1S/C16H25NO3/c1-3-13(2)15(14-7-5-4-6-8-14)16(20)17(9-11-18)10-12-19/h4-8,13,15,18-19H,3,9-12H2,1-2H3. The van der Waals surface area contributed by atoms with Crippen LogP contribution in [0.3, 0.4) is 0 Å². The number of aliphatic hydroxyl groups excluding tert-OH is 2. The lowest BCUT2D eigenvalue weighted by Gasteiger charge is -2.29. The molecule has 0 heterocycles. The Bertz CT molecular complexity index is 388. The van der Waals surface area contributed by atoms with Crippen molar-refractivity contribution in [2.24, 2.45) is 5.92 Å². The quantitative estimate of drug-likeness (QED) is 0.760. The van der Waals surface area contributed by atoms with Crippen molar-refractivity contribution in [3.05, 3.63) is 35.9 Å². The lowest BCUT2D eigenvalue weighted by molar-refractivity contribution is -0.135. The molecule has 0 bridgehead atoms. The van der Waals surface area contributed by atoms with Crippen LogP contribution in [0.2, 0.25) is 0 Å². The van der Waals surface area contributed by atoms with Crippen molar-refractivity contribution in [2.45, 2.75) is 26.2 Å². The Morgan fingerprint density at radius 3 is 2.15 bits per heavy atom.